The van der Waals surface area contributed by atoms with Gasteiger partial charge in [-0.05, 0) is 32.4 Å². The second-order valence-corrected chi connectivity index (χ2v) is 6.72. The summed E-state index contributed by atoms with van der Waals surface area (Å²) in [5.74, 6) is 1.18. The number of aromatic nitrogens is 3. The fraction of sp³-hybridized carbons (Fsp3) is 0.529. The maximum absolute atomic E-state index is 12.4. The average molecular weight is 328 g/mol. The van der Waals surface area contributed by atoms with Crippen LogP contribution in [0.25, 0.3) is 11.6 Å². The summed E-state index contributed by atoms with van der Waals surface area (Å²) in [5.41, 5.74) is 0.371. The maximum atomic E-state index is 12.4. The highest BCUT2D eigenvalue weighted by atomic mass is 16.5. The molecule has 1 aliphatic heterocycles. The van der Waals surface area contributed by atoms with Gasteiger partial charge < -0.3 is 14.1 Å². The van der Waals surface area contributed by atoms with Crippen molar-refractivity contribution in [3.8, 4) is 11.6 Å². The first-order chi connectivity index (χ1) is 11.6. The molecule has 0 radical (unpaired) electrons. The van der Waals surface area contributed by atoms with Crippen LogP contribution in [0.4, 0.5) is 0 Å². The molecule has 2 aromatic heterocycles. The molecular formula is C17H20N4O3. The van der Waals surface area contributed by atoms with E-state index >= 15 is 0 Å². The van der Waals surface area contributed by atoms with Crippen LogP contribution in [0, 0.1) is 5.92 Å². The Balaban J connectivity index is 1.40. The molecule has 24 heavy (non-hydrogen) atoms. The first-order valence-corrected chi connectivity index (χ1v) is 8.26. The first kappa shape index (κ1) is 15.3. The molecule has 2 aromatic rings. The van der Waals surface area contributed by atoms with Crippen LogP contribution in [-0.2, 0) is 14.9 Å². The van der Waals surface area contributed by atoms with E-state index in [9.17, 15) is 4.79 Å². The molecule has 7 heteroatoms. The van der Waals surface area contributed by atoms with Crippen LogP contribution in [-0.4, -0.2) is 51.8 Å². The maximum Gasteiger partial charge on any atom is 0.266 e. The predicted octanol–water partition coefficient (Wildman–Crippen LogP) is 1.66. The minimum Gasteiger partial charge on any atom is -0.419 e. The van der Waals surface area contributed by atoms with Crippen LogP contribution in [0.5, 0.6) is 0 Å². The number of amides is 1. The van der Waals surface area contributed by atoms with E-state index in [0.717, 1.165) is 6.42 Å². The number of rotatable bonds is 5. The summed E-state index contributed by atoms with van der Waals surface area (Å²) in [6.45, 7) is 5.86. The Labute approximate surface area is 140 Å². The summed E-state index contributed by atoms with van der Waals surface area (Å²) < 4.78 is 11.3. The smallest absolute Gasteiger partial charge is 0.266 e. The topological polar surface area (TPSA) is 81.4 Å². The van der Waals surface area contributed by atoms with E-state index in [1.165, 1.54) is 0 Å². The van der Waals surface area contributed by atoms with Crippen molar-refractivity contribution in [3.63, 3.8) is 0 Å². The summed E-state index contributed by atoms with van der Waals surface area (Å²) in [6, 6.07) is 5.55. The Morgan fingerprint density at radius 2 is 2.25 bits per heavy atom. The molecular weight excluding hydrogens is 308 g/mol. The Morgan fingerprint density at radius 1 is 1.42 bits per heavy atom. The Morgan fingerprint density at radius 3 is 2.96 bits per heavy atom. The lowest BCUT2D eigenvalue weighted by molar-refractivity contribution is -0.141. The van der Waals surface area contributed by atoms with Gasteiger partial charge in [0.15, 0.2) is 0 Å². The zero-order chi connectivity index (χ0) is 16.7. The molecule has 2 fully saturated rings. The lowest BCUT2D eigenvalue weighted by Crippen LogP contribution is -2.60. The molecule has 7 nitrogen and oxygen atoms in total. The minimum atomic E-state index is -0.286. The summed E-state index contributed by atoms with van der Waals surface area (Å²) in [7, 11) is 0. The zero-order valence-corrected chi connectivity index (χ0v) is 13.8. The van der Waals surface area contributed by atoms with E-state index in [1.807, 2.05) is 36.9 Å². The number of hydrogen-bond acceptors (Lipinski definition) is 6. The van der Waals surface area contributed by atoms with Gasteiger partial charge in [0.1, 0.15) is 5.69 Å². The number of carbonyl (C=O) groups excluding carboxylic acids is 1. The highest BCUT2D eigenvalue weighted by molar-refractivity contribution is 5.83. The van der Waals surface area contributed by atoms with E-state index in [2.05, 4.69) is 15.2 Å². The SMILES string of the molecule is CCOC1CC1C(=O)N1CC(C)(c2nnc(-c3ccccn3)o2)C1. The van der Waals surface area contributed by atoms with Crippen molar-refractivity contribution in [1.82, 2.24) is 20.1 Å². The van der Waals surface area contributed by atoms with Crippen LogP contribution in [0.1, 0.15) is 26.2 Å². The van der Waals surface area contributed by atoms with Crippen LogP contribution in [0.3, 0.4) is 0 Å². The van der Waals surface area contributed by atoms with Crippen molar-refractivity contribution in [2.75, 3.05) is 19.7 Å². The molecule has 1 saturated carbocycles. The first-order valence-electron chi connectivity index (χ1n) is 8.26. The molecule has 126 valence electrons. The standard InChI is InChI=1S/C17H20N4O3/c1-3-23-13-8-11(13)15(22)21-9-17(2,10-21)16-20-19-14(24-16)12-6-4-5-7-18-12/h4-7,11,13H,3,8-10H2,1-2H3. The third-order valence-corrected chi connectivity index (χ3v) is 4.65. The van der Waals surface area contributed by atoms with Crippen molar-refractivity contribution >= 4 is 5.91 Å². The molecule has 0 bridgehead atoms. The number of likely N-dealkylation sites (tertiary alicyclic amines) is 1. The molecule has 2 atom stereocenters. The van der Waals surface area contributed by atoms with Gasteiger partial charge >= 0.3 is 0 Å². The van der Waals surface area contributed by atoms with Crippen molar-refractivity contribution in [2.45, 2.75) is 31.8 Å². The summed E-state index contributed by atoms with van der Waals surface area (Å²) >= 11 is 0. The van der Waals surface area contributed by atoms with Gasteiger partial charge in [0.05, 0.1) is 17.4 Å². The number of hydrogen-bond donors (Lipinski definition) is 0. The number of pyridine rings is 1. The van der Waals surface area contributed by atoms with E-state index < -0.39 is 0 Å². The molecule has 2 aliphatic rings. The zero-order valence-electron chi connectivity index (χ0n) is 13.8. The Hall–Kier alpha value is -2.28. The lowest BCUT2D eigenvalue weighted by Gasteiger charge is -2.45. The van der Waals surface area contributed by atoms with Gasteiger partial charge in [-0.15, -0.1) is 10.2 Å². The minimum absolute atomic E-state index is 0.0289. The monoisotopic (exact) mass is 328 g/mol. The van der Waals surface area contributed by atoms with Gasteiger partial charge in [-0.25, -0.2) is 0 Å². The molecule has 0 aromatic carbocycles. The van der Waals surface area contributed by atoms with Crippen LogP contribution < -0.4 is 0 Å². The van der Waals surface area contributed by atoms with Gasteiger partial charge in [0, 0.05) is 25.9 Å². The van der Waals surface area contributed by atoms with E-state index in [4.69, 9.17) is 9.15 Å². The quantitative estimate of drug-likeness (QED) is 0.830. The normalized spacial score (nSPS) is 24.5. The fourth-order valence-corrected chi connectivity index (χ4v) is 3.21. The number of nitrogens with zero attached hydrogens (tertiary/aromatic N) is 4. The summed E-state index contributed by atoms with van der Waals surface area (Å²) in [6.07, 6.45) is 2.63. The second-order valence-electron chi connectivity index (χ2n) is 6.72. The van der Waals surface area contributed by atoms with Gasteiger partial charge in [0.25, 0.3) is 5.89 Å². The Kier molecular flexibility index (Phi) is 3.60. The van der Waals surface area contributed by atoms with Crippen LogP contribution in [0.15, 0.2) is 28.8 Å². The summed E-state index contributed by atoms with van der Waals surface area (Å²) in [5, 5.41) is 8.25. The fourth-order valence-electron chi connectivity index (χ4n) is 3.21. The van der Waals surface area contributed by atoms with Crippen molar-refractivity contribution in [3.05, 3.63) is 30.3 Å². The molecule has 0 N–H and O–H groups in total. The third kappa shape index (κ3) is 2.58. The highest BCUT2D eigenvalue weighted by Gasteiger charge is 2.53. The van der Waals surface area contributed by atoms with Gasteiger partial charge in [0.2, 0.25) is 11.8 Å². The molecule has 1 saturated heterocycles. The van der Waals surface area contributed by atoms with Crippen LogP contribution in [0.2, 0.25) is 0 Å². The van der Waals surface area contributed by atoms with E-state index in [-0.39, 0.29) is 23.3 Å². The van der Waals surface area contributed by atoms with Gasteiger partial charge in [-0.2, -0.15) is 0 Å². The molecule has 4 rings (SSSR count). The van der Waals surface area contributed by atoms with E-state index in [0.29, 0.717) is 37.2 Å². The summed E-state index contributed by atoms with van der Waals surface area (Å²) in [4.78, 5) is 18.5. The van der Waals surface area contributed by atoms with Crippen molar-refractivity contribution in [1.29, 1.82) is 0 Å². The third-order valence-electron chi connectivity index (χ3n) is 4.65. The van der Waals surface area contributed by atoms with Crippen molar-refractivity contribution < 1.29 is 13.9 Å². The average Bonchev–Trinajstić information content (AvgIpc) is 3.16. The largest absolute Gasteiger partial charge is 0.419 e. The van der Waals surface area contributed by atoms with Gasteiger partial charge in [-0.1, -0.05) is 6.07 Å². The number of ether oxygens (including phenoxy) is 1. The molecule has 1 amide bonds. The van der Waals surface area contributed by atoms with Gasteiger partial charge in [-0.3, -0.25) is 9.78 Å². The predicted molar refractivity (Wildman–Crippen MR) is 85.0 cm³/mol. The molecule has 1 aliphatic carbocycles. The molecule has 3 heterocycles. The van der Waals surface area contributed by atoms with E-state index in [1.54, 1.807) is 6.20 Å². The molecule has 0 spiro atoms. The van der Waals surface area contributed by atoms with Crippen molar-refractivity contribution in [2.24, 2.45) is 5.92 Å². The second kappa shape index (κ2) is 5.66. The lowest BCUT2D eigenvalue weighted by atomic mass is 9.81. The Bertz CT molecular complexity index is 739. The highest BCUT2D eigenvalue weighted by Crippen LogP contribution is 2.40. The molecule has 2 unspecified atom stereocenters. The van der Waals surface area contributed by atoms with Crippen LogP contribution >= 0.6 is 0 Å². The number of carbonyl (C=O) groups is 1.